The van der Waals surface area contributed by atoms with Gasteiger partial charge in [-0.25, -0.2) is 0 Å². The minimum Gasteiger partial charge on any atom is -0.496 e. The molecule has 0 radical (unpaired) electrons. The lowest BCUT2D eigenvalue weighted by Gasteiger charge is -2.17. The van der Waals surface area contributed by atoms with Crippen LogP contribution >= 0.6 is 12.4 Å². The quantitative estimate of drug-likeness (QED) is 0.850. The molecule has 1 rings (SSSR count). The van der Waals surface area contributed by atoms with Crippen LogP contribution in [0.15, 0.2) is 24.3 Å². The number of benzene rings is 1. The van der Waals surface area contributed by atoms with Crippen molar-refractivity contribution < 1.29 is 9.53 Å². The Morgan fingerprint density at radius 1 is 1.39 bits per heavy atom. The van der Waals surface area contributed by atoms with Crippen LogP contribution in [0.1, 0.15) is 5.56 Å². The third kappa shape index (κ3) is 4.94. The lowest BCUT2D eigenvalue weighted by molar-refractivity contribution is -0.128. The number of hydrogen-bond acceptors (Lipinski definition) is 3. The number of nitrogens with one attached hydrogen (secondary N) is 1. The van der Waals surface area contributed by atoms with Gasteiger partial charge in [0.05, 0.1) is 13.7 Å². The number of methoxy groups -OCH3 is 1. The summed E-state index contributed by atoms with van der Waals surface area (Å²) in [6.45, 7) is 1.07. The molecule has 4 nitrogen and oxygen atoms in total. The maximum Gasteiger partial charge on any atom is 0.236 e. The Morgan fingerprint density at radius 2 is 2.06 bits per heavy atom. The van der Waals surface area contributed by atoms with Crippen LogP contribution in [0.2, 0.25) is 0 Å². The molecule has 0 aliphatic heterocycles. The number of hydrogen-bond donors (Lipinski definition) is 1. The van der Waals surface area contributed by atoms with E-state index < -0.39 is 0 Å². The van der Waals surface area contributed by atoms with Crippen LogP contribution in [0.25, 0.3) is 0 Å². The van der Waals surface area contributed by atoms with E-state index in [1.807, 2.05) is 31.3 Å². The van der Waals surface area contributed by atoms with Crippen LogP contribution in [-0.2, 0) is 11.2 Å². The van der Waals surface area contributed by atoms with Gasteiger partial charge in [0.15, 0.2) is 0 Å². The molecule has 1 N–H and O–H groups in total. The number of ether oxygens (including phenoxy) is 1. The number of likely N-dealkylation sites (N-methyl/N-ethyl adjacent to an activating group) is 2. The van der Waals surface area contributed by atoms with Gasteiger partial charge in [-0.3, -0.25) is 4.79 Å². The van der Waals surface area contributed by atoms with Crippen molar-refractivity contribution in [3.8, 4) is 5.75 Å². The highest BCUT2D eigenvalue weighted by molar-refractivity contribution is 5.85. The number of carbonyl (C=O) groups excluding carboxylic acids is 1. The Kier molecular flexibility index (Phi) is 8.16. The second-order valence-electron chi connectivity index (χ2n) is 3.91. The van der Waals surface area contributed by atoms with Crippen LogP contribution < -0.4 is 10.1 Å². The number of halogens is 1. The minimum absolute atomic E-state index is 0. The summed E-state index contributed by atoms with van der Waals surface area (Å²) in [5, 5.41) is 2.85. The first-order valence-corrected chi connectivity index (χ1v) is 5.69. The highest BCUT2D eigenvalue weighted by atomic mass is 35.5. The molecule has 0 aliphatic carbocycles. The van der Waals surface area contributed by atoms with Crippen molar-refractivity contribution in [2.24, 2.45) is 0 Å². The van der Waals surface area contributed by atoms with Crippen LogP contribution in [0.3, 0.4) is 0 Å². The Morgan fingerprint density at radius 3 is 2.67 bits per heavy atom. The molecule has 0 bridgehead atoms. The van der Waals surface area contributed by atoms with Gasteiger partial charge in [0.1, 0.15) is 5.75 Å². The molecule has 0 heterocycles. The third-order valence-corrected chi connectivity index (χ3v) is 2.66. The number of para-hydroxylation sites is 1. The van der Waals surface area contributed by atoms with E-state index in [1.165, 1.54) is 0 Å². The van der Waals surface area contributed by atoms with E-state index in [4.69, 9.17) is 4.74 Å². The predicted octanol–water partition coefficient (Wildman–Crippen LogP) is 1.34. The van der Waals surface area contributed by atoms with E-state index in [2.05, 4.69) is 5.32 Å². The highest BCUT2D eigenvalue weighted by Gasteiger charge is 2.08. The maximum atomic E-state index is 11.6. The normalized spacial score (nSPS) is 9.50. The standard InChI is InChI=1S/C13H20N2O2.ClH/c1-14-10-13(16)15(2)9-8-11-6-4-5-7-12(11)17-3;/h4-7,14H,8-10H2,1-3H3;1H. The van der Waals surface area contributed by atoms with Crippen molar-refractivity contribution >= 4 is 18.3 Å². The lowest BCUT2D eigenvalue weighted by Crippen LogP contribution is -2.35. The van der Waals surface area contributed by atoms with Crippen molar-refractivity contribution in [1.82, 2.24) is 10.2 Å². The second kappa shape index (κ2) is 8.78. The Labute approximate surface area is 115 Å². The number of amides is 1. The summed E-state index contributed by atoms with van der Waals surface area (Å²) in [5.41, 5.74) is 1.12. The molecule has 0 aliphatic rings. The summed E-state index contributed by atoms with van der Waals surface area (Å²) in [4.78, 5) is 13.3. The molecular weight excluding hydrogens is 252 g/mol. The summed E-state index contributed by atoms with van der Waals surface area (Å²) >= 11 is 0. The summed E-state index contributed by atoms with van der Waals surface area (Å²) in [7, 11) is 5.25. The predicted molar refractivity (Wildman–Crippen MR) is 75.5 cm³/mol. The number of rotatable bonds is 6. The zero-order valence-corrected chi connectivity index (χ0v) is 11.9. The zero-order chi connectivity index (χ0) is 12.7. The van der Waals surface area contributed by atoms with Gasteiger partial charge in [-0.1, -0.05) is 18.2 Å². The Bertz CT molecular complexity index is 372. The molecule has 5 heteroatoms. The monoisotopic (exact) mass is 272 g/mol. The molecule has 0 atom stereocenters. The first kappa shape index (κ1) is 16.7. The molecule has 0 aromatic heterocycles. The van der Waals surface area contributed by atoms with Gasteiger partial charge in [0.25, 0.3) is 0 Å². The highest BCUT2D eigenvalue weighted by Crippen LogP contribution is 2.17. The van der Waals surface area contributed by atoms with Gasteiger partial charge in [0, 0.05) is 13.6 Å². The Hall–Kier alpha value is -1.26. The molecule has 102 valence electrons. The van der Waals surface area contributed by atoms with Crippen LogP contribution in [0.4, 0.5) is 0 Å². The van der Waals surface area contributed by atoms with Gasteiger partial charge in [-0.2, -0.15) is 0 Å². The largest absolute Gasteiger partial charge is 0.496 e. The molecular formula is C13H21ClN2O2. The summed E-state index contributed by atoms with van der Waals surface area (Å²) in [6.07, 6.45) is 0.802. The molecule has 1 aromatic rings. The molecule has 0 spiro atoms. The van der Waals surface area contributed by atoms with Gasteiger partial charge in [-0.15, -0.1) is 12.4 Å². The van der Waals surface area contributed by atoms with Gasteiger partial charge < -0.3 is 15.0 Å². The first-order chi connectivity index (χ1) is 8.19. The third-order valence-electron chi connectivity index (χ3n) is 2.66. The fourth-order valence-electron chi connectivity index (χ4n) is 1.61. The summed E-state index contributed by atoms with van der Waals surface area (Å²) in [6, 6.07) is 7.88. The van der Waals surface area contributed by atoms with E-state index in [0.29, 0.717) is 13.1 Å². The van der Waals surface area contributed by atoms with Gasteiger partial charge >= 0.3 is 0 Å². The zero-order valence-electron chi connectivity index (χ0n) is 11.1. The molecule has 0 saturated heterocycles. The van der Waals surface area contributed by atoms with Crippen molar-refractivity contribution in [1.29, 1.82) is 0 Å². The summed E-state index contributed by atoms with van der Waals surface area (Å²) < 4.78 is 5.27. The topological polar surface area (TPSA) is 41.6 Å². The molecule has 0 unspecified atom stereocenters. The molecule has 1 amide bonds. The maximum absolute atomic E-state index is 11.6. The van der Waals surface area contributed by atoms with Crippen molar-refractivity contribution in [3.63, 3.8) is 0 Å². The smallest absolute Gasteiger partial charge is 0.236 e. The fraction of sp³-hybridized carbons (Fsp3) is 0.462. The number of carbonyl (C=O) groups is 1. The SMILES string of the molecule is CNCC(=O)N(C)CCc1ccccc1OC.Cl. The van der Waals surface area contributed by atoms with E-state index in [0.717, 1.165) is 17.7 Å². The van der Waals surface area contributed by atoms with Crippen LogP contribution in [-0.4, -0.2) is 45.1 Å². The number of nitrogens with zero attached hydrogens (tertiary/aromatic N) is 1. The van der Waals surface area contributed by atoms with Crippen molar-refractivity contribution in [2.75, 3.05) is 34.3 Å². The van der Waals surface area contributed by atoms with Gasteiger partial charge in [0.2, 0.25) is 5.91 Å². The molecule has 18 heavy (non-hydrogen) atoms. The first-order valence-electron chi connectivity index (χ1n) is 5.69. The van der Waals surface area contributed by atoms with Gasteiger partial charge in [-0.05, 0) is 25.1 Å². The summed E-state index contributed by atoms with van der Waals surface area (Å²) in [5.74, 6) is 0.976. The van der Waals surface area contributed by atoms with E-state index >= 15 is 0 Å². The fourth-order valence-corrected chi connectivity index (χ4v) is 1.61. The minimum atomic E-state index is 0. The lowest BCUT2D eigenvalue weighted by atomic mass is 10.1. The average Bonchev–Trinajstić information content (AvgIpc) is 2.36. The second-order valence-corrected chi connectivity index (χ2v) is 3.91. The van der Waals surface area contributed by atoms with Crippen molar-refractivity contribution in [3.05, 3.63) is 29.8 Å². The van der Waals surface area contributed by atoms with E-state index in [1.54, 1.807) is 19.1 Å². The van der Waals surface area contributed by atoms with Crippen LogP contribution in [0, 0.1) is 0 Å². The molecule has 1 aromatic carbocycles. The molecule has 0 saturated carbocycles. The van der Waals surface area contributed by atoms with E-state index in [-0.39, 0.29) is 18.3 Å². The van der Waals surface area contributed by atoms with E-state index in [9.17, 15) is 4.79 Å². The molecule has 0 fully saturated rings. The average molecular weight is 273 g/mol. The Balaban J connectivity index is 0.00000289. The van der Waals surface area contributed by atoms with Crippen molar-refractivity contribution in [2.45, 2.75) is 6.42 Å². The van der Waals surface area contributed by atoms with Crippen LogP contribution in [0.5, 0.6) is 5.75 Å².